The molecule has 5 heteroatoms. The van der Waals surface area contributed by atoms with E-state index in [1.165, 1.54) is 0 Å². The first-order chi connectivity index (χ1) is 8.25. The fourth-order valence-electron chi connectivity index (χ4n) is 1.40. The van der Waals surface area contributed by atoms with E-state index < -0.39 is 5.91 Å². The van der Waals surface area contributed by atoms with Crippen molar-refractivity contribution in [3.8, 4) is 5.75 Å². The molecule has 1 amide bonds. The molecule has 2 aromatic rings. The van der Waals surface area contributed by atoms with Gasteiger partial charge in [-0.05, 0) is 24.3 Å². The van der Waals surface area contributed by atoms with Gasteiger partial charge in [-0.1, -0.05) is 0 Å². The van der Waals surface area contributed by atoms with Gasteiger partial charge in [0.05, 0.1) is 12.9 Å². The quantitative estimate of drug-likeness (QED) is 0.836. The zero-order valence-electron chi connectivity index (χ0n) is 9.24. The highest BCUT2D eigenvalue weighted by Crippen LogP contribution is 2.11. The number of imidazole rings is 1. The van der Waals surface area contributed by atoms with Gasteiger partial charge in [-0.3, -0.25) is 4.79 Å². The molecule has 17 heavy (non-hydrogen) atoms. The van der Waals surface area contributed by atoms with Crippen molar-refractivity contribution < 1.29 is 9.53 Å². The van der Waals surface area contributed by atoms with Gasteiger partial charge in [-0.25, -0.2) is 4.98 Å². The number of nitrogens with zero attached hydrogens (tertiary/aromatic N) is 2. The molecule has 2 rings (SSSR count). The highest BCUT2D eigenvalue weighted by molar-refractivity contribution is 5.92. The van der Waals surface area contributed by atoms with Crippen molar-refractivity contribution in [2.45, 2.75) is 6.54 Å². The second kappa shape index (κ2) is 5.16. The van der Waals surface area contributed by atoms with E-state index in [2.05, 4.69) is 4.98 Å². The Morgan fingerprint density at radius 2 is 2.12 bits per heavy atom. The molecule has 2 N–H and O–H groups in total. The maximum Gasteiger partial charge on any atom is 0.248 e. The van der Waals surface area contributed by atoms with Gasteiger partial charge >= 0.3 is 0 Å². The predicted octanol–water partition coefficient (Wildman–Crippen LogP) is 1.06. The molecule has 0 spiro atoms. The second-order valence-corrected chi connectivity index (χ2v) is 3.54. The Bertz CT molecular complexity index is 477. The lowest BCUT2D eigenvalue weighted by Crippen LogP contribution is -2.10. The van der Waals surface area contributed by atoms with Crippen molar-refractivity contribution in [1.82, 2.24) is 9.55 Å². The largest absolute Gasteiger partial charge is 0.492 e. The molecular weight excluding hydrogens is 218 g/mol. The van der Waals surface area contributed by atoms with E-state index in [1.807, 2.05) is 10.8 Å². The first-order valence-corrected chi connectivity index (χ1v) is 5.24. The summed E-state index contributed by atoms with van der Waals surface area (Å²) in [5.41, 5.74) is 5.62. The van der Waals surface area contributed by atoms with Crippen LogP contribution in [0.1, 0.15) is 10.4 Å². The molecule has 0 fully saturated rings. The summed E-state index contributed by atoms with van der Waals surface area (Å²) in [6.45, 7) is 1.28. The minimum atomic E-state index is -0.435. The number of rotatable bonds is 5. The number of benzene rings is 1. The maximum absolute atomic E-state index is 10.9. The molecule has 0 aliphatic heterocycles. The number of nitrogens with two attached hydrogens (primary N) is 1. The van der Waals surface area contributed by atoms with Crippen molar-refractivity contribution >= 4 is 5.91 Å². The van der Waals surface area contributed by atoms with E-state index in [-0.39, 0.29) is 0 Å². The Hall–Kier alpha value is -2.30. The van der Waals surface area contributed by atoms with Gasteiger partial charge in [0.15, 0.2) is 0 Å². The van der Waals surface area contributed by atoms with Crippen molar-refractivity contribution in [2.75, 3.05) is 6.61 Å². The Labute approximate surface area is 98.8 Å². The van der Waals surface area contributed by atoms with Crippen LogP contribution in [0, 0.1) is 0 Å². The Kier molecular flexibility index (Phi) is 3.40. The lowest BCUT2D eigenvalue weighted by atomic mass is 10.2. The van der Waals surface area contributed by atoms with Crippen LogP contribution < -0.4 is 10.5 Å². The smallest absolute Gasteiger partial charge is 0.248 e. The van der Waals surface area contributed by atoms with E-state index in [9.17, 15) is 4.79 Å². The molecule has 0 aliphatic rings. The Morgan fingerprint density at radius 3 is 2.71 bits per heavy atom. The maximum atomic E-state index is 10.9. The molecule has 0 radical (unpaired) electrons. The summed E-state index contributed by atoms with van der Waals surface area (Å²) in [5.74, 6) is 0.282. The van der Waals surface area contributed by atoms with Crippen LogP contribution in [0.25, 0.3) is 0 Å². The Balaban J connectivity index is 1.85. The number of ether oxygens (including phenoxy) is 1. The van der Waals surface area contributed by atoms with E-state index >= 15 is 0 Å². The SMILES string of the molecule is NC(=O)c1ccc(OCCn2ccnc2)cc1. The molecule has 1 heterocycles. The first-order valence-electron chi connectivity index (χ1n) is 5.24. The van der Waals surface area contributed by atoms with Gasteiger partial charge in [0.1, 0.15) is 12.4 Å². The normalized spacial score (nSPS) is 10.1. The zero-order valence-corrected chi connectivity index (χ0v) is 9.24. The average molecular weight is 231 g/mol. The predicted molar refractivity (Wildman–Crippen MR) is 62.7 cm³/mol. The van der Waals surface area contributed by atoms with Crippen LogP contribution in [0.4, 0.5) is 0 Å². The molecule has 0 saturated carbocycles. The van der Waals surface area contributed by atoms with Crippen molar-refractivity contribution in [1.29, 1.82) is 0 Å². The molecule has 5 nitrogen and oxygen atoms in total. The topological polar surface area (TPSA) is 70.1 Å². The van der Waals surface area contributed by atoms with E-state index in [0.29, 0.717) is 12.2 Å². The highest BCUT2D eigenvalue weighted by atomic mass is 16.5. The number of primary amides is 1. The number of carbonyl (C=O) groups excluding carboxylic acids is 1. The molecule has 0 unspecified atom stereocenters. The van der Waals surface area contributed by atoms with Crippen LogP contribution >= 0.6 is 0 Å². The molecule has 0 atom stereocenters. The average Bonchev–Trinajstić information content (AvgIpc) is 2.83. The van der Waals surface area contributed by atoms with Crippen molar-refractivity contribution in [3.05, 3.63) is 48.5 Å². The summed E-state index contributed by atoms with van der Waals surface area (Å²) < 4.78 is 7.44. The van der Waals surface area contributed by atoms with Gasteiger partial charge in [0, 0.05) is 18.0 Å². The monoisotopic (exact) mass is 231 g/mol. The van der Waals surface area contributed by atoms with Gasteiger partial charge in [0.2, 0.25) is 5.91 Å². The highest BCUT2D eigenvalue weighted by Gasteiger charge is 2.00. The van der Waals surface area contributed by atoms with Gasteiger partial charge in [-0.15, -0.1) is 0 Å². The fraction of sp³-hybridized carbons (Fsp3) is 0.167. The lowest BCUT2D eigenvalue weighted by molar-refractivity contribution is 0.100. The lowest BCUT2D eigenvalue weighted by Gasteiger charge is -2.06. The van der Waals surface area contributed by atoms with Crippen LogP contribution in [0.15, 0.2) is 43.0 Å². The summed E-state index contributed by atoms with van der Waals surface area (Å²) in [7, 11) is 0. The molecule has 0 aliphatic carbocycles. The van der Waals surface area contributed by atoms with E-state index in [0.717, 1.165) is 12.3 Å². The third kappa shape index (κ3) is 3.07. The molecular formula is C12H13N3O2. The van der Waals surface area contributed by atoms with Gasteiger partial charge in [0.25, 0.3) is 0 Å². The number of carbonyl (C=O) groups is 1. The summed E-state index contributed by atoms with van der Waals surface area (Å²) in [5, 5.41) is 0. The number of hydrogen-bond donors (Lipinski definition) is 1. The molecule has 1 aromatic carbocycles. The Morgan fingerprint density at radius 1 is 1.35 bits per heavy atom. The molecule has 1 aromatic heterocycles. The summed E-state index contributed by atoms with van der Waals surface area (Å²) in [6.07, 6.45) is 5.33. The number of aromatic nitrogens is 2. The molecule has 0 saturated heterocycles. The van der Waals surface area contributed by atoms with E-state index in [1.54, 1.807) is 36.8 Å². The third-order valence-corrected chi connectivity index (χ3v) is 2.32. The summed E-state index contributed by atoms with van der Waals surface area (Å²) in [6, 6.07) is 6.76. The number of amides is 1. The van der Waals surface area contributed by atoms with Crippen molar-refractivity contribution in [2.24, 2.45) is 5.73 Å². The zero-order chi connectivity index (χ0) is 12.1. The van der Waals surface area contributed by atoms with Crippen LogP contribution in [0.5, 0.6) is 5.75 Å². The van der Waals surface area contributed by atoms with Crippen LogP contribution in [-0.4, -0.2) is 22.1 Å². The molecule has 0 bridgehead atoms. The number of hydrogen-bond acceptors (Lipinski definition) is 3. The van der Waals surface area contributed by atoms with Gasteiger partial charge < -0.3 is 15.0 Å². The minimum absolute atomic E-state index is 0.435. The van der Waals surface area contributed by atoms with Crippen LogP contribution in [0.2, 0.25) is 0 Å². The minimum Gasteiger partial charge on any atom is -0.492 e. The standard InChI is InChI=1S/C12H13N3O2/c13-12(16)10-1-3-11(4-2-10)17-8-7-15-6-5-14-9-15/h1-6,9H,7-8H2,(H2,13,16). The third-order valence-electron chi connectivity index (χ3n) is 2.32. The van der Waals surface area contributed by atoms with E-state index in [4.69, 9.17) is 10.5 Å². The summed E-state index contributed by atoms with van der Waals surface area (Å²) >= 11 is 0. The second-order valence-electron chi connectivity index (χ2n) is 3.54. The summed E-state index contributed by atoms with van der Waals surface area (Å²) in [4.78, 5) is 14.8. The van der Waals surface area contributed by atoms with Crippen molar-refractivity contribution in [3.63, 3.8) is 0 Å². The van der Waals surface area contributed by atoms with Crippen LogP contribution in [-0.2, 0) is 6.54 Å². The fourth-order valence-corrected chi connectivity index (χ4v) is 1.40. The first kappa shape index (κ1) is 11.2. The van der Waals surface area contributed by atoms with Crippen LogP contribution in [0.3, 0.4) is 0 Å². The molecule has 88 valence electrons. The van der Waals surface area contributed by atoms with Gasteiger partial charge in [-0.2, -0.15) is 0 Å².